The fourth-order valence-corrected chi connectivity index (χ4v) is 2.35. The van der Waals surface area contributed by atoms with Crippen LogP contribution in [-0.2, 0) is 9.47 Å². The first-order valence-corrected chi connectivity index (χ1v) is 7.22. The van der Waals surface area contributed by atoms with Gasteiger partial charge >= 0.3 is 0 Å². The summed E-state index contributed by atoms with van der Waals surface area (Å²) in [6.45, 7) is 6.06. The number of rotatable bonds is 7. The van der Waals surface area contributed by atoms with Gasteiger partial charge in [0.05, 0.1) is 25.9 Å². The standard InChI is InChI=1S/C16H24O5/c1-16(2)11-14(17)13-5-4-12(10-15(13)21-16)20-9-8-19-7-6-18-3/h4-5,10,14,17H,6-9,11H2,1-3H3. The highest BCUT2D eigenvalue weighted by atomic mass is 16.5. The topological polar surface area (TPSA) is 57.2 Å². The number of aliphatic hydroxyl groups excluding tert-OH is 1. The SMILES string of the molecule is COCCOCCOc1ccc2c(c1)OC(C)(C)CC2O. The summed E-state index contributed by atoms with van der Waals surface area (Å²) in [4.78, 5) is 0. The summed E-state index contributed by atoms with van der Waals surface area (Å²) in [7, 11) is 1.64. The summed E-state index contributed by atoms with van der Waals surface area (Å²) in [5.74, 6) is 1.41. The Morgan fingerprint density at radius 1 is 1.24 bits per heavy atom. The average Bonchev–Trinajstić information content (AvgIpc) is 2.41. The minimum absolute atomic E-state index is 0.367. The van der Waals surface area contributed by atoms with E-state index in [0.29, 0.717) is 44.3 Å². The number of fused-ring (bicyclic) bond motifs is 1. The van der Waals surface area contributed by atoms with E-state index in [1.54, 1.807) is 7.11 Å². The van der Waals surface area contributed by atoms with Gasteiger partial charge in [-0.05, 0) is 26.0 Å². The van der Waals surface area contributed by atoms with Crippen LogP contribution in [0.4, 0.5) is 0 Å². The molecule has 1 aromatic carbocycles. The minimum Gasteiger partial charge on any atom is -0.491 e. The van der Waals surface area contributed by atoms with Gasteiger partial charge in [-0.3, -0.25) is 0 Å². The first-order valence-electron chi connectivity index (χ1n) is 7.22. The Kier molecular flexibility index (Phi) is 5.45. The Morgan fingerprint density at radius 3 is 2.76 bits per heavy atom. The molecule has 0 spiro atoms. The molecule has 1 atom stereocenters. The lowest BCUT2D eigenvalue weighted by Crippen LogP contribution is -2.34. The highest BCUT2D eigenvalue weighted by Gasteiger charge is 2.32. The number of aliphatic hydroxyl groups is 1. The molecule has 5 heteroatoms. The van der Waals surface area contributed by atoms with Crippen molar-refractivity contribution in [3.05, 3.63) is 23.8 Å². The quantitative estimate of drug-likeness (QED) is 0.783. The predicted molar refractivity (Wildman–Crippen MR) is 78.9 cm³/mol. The first-order chi connectivity index (χ1) is 10.0. The predicted octanol–water partition coefficient (Wildman–Crippen LogP) is 2.32. The van der Waals surface area contributed by atoms with Crippen LogP contribution in [0.25, 0.3) is 0 Å². The van der Waals surface area contributed by atoms with Crippen molar-refractivity contribution < 1.29 is 24.1 Å². The molecule has 0 radical (unpaired) electrons. The van der Waals surface area contributed by atoms with Gasteiger partial charge in [-0.1, -0.05) is 0 Å². The van der Waals surface area contributed by atoms with Gasteiger partial charge in [0.1, 0.15) is 23.7 Å². The van der Waals surface area contributed by atoms with Gasteiger partial charge in [-0.15, -0.1) is 0 Å². The van der Waals surface area contributed by atoms with Gasteiger partial charge in [0.15, 0.2) is 0 Å². The second-order valence-corrected chi connectivity index (χ2v) is 5.73. The molecule has 1 aliphatic heterocycles. The van der Waals surface area contributed by atoms with E-state index in [4.69, 9.17) is 18.9 Å². The van der Waals surface area contributed by atoms with Gasteiger partial charge in [0.2, 0.25) is 0 Å². The monoisotopic (exact) mass is 296 g/mol. The summed E-state index contributed by atoms with van der Waals surface area (Å²) in [5.41, 5.74) is 0.451. The Hall–Kier alpha value is -1.30. The average molecular weight is 296 g/mol. The molecule has 0 aliphatic carbocycles. The van der Waals surface area contributed by atoms with Crippen molar-refractivity contribution in [2.75, 3.05) is 33.5 Å². The van der Waals surface area contributed by atoms with Crippen LogP contribution in [0.1, 0.15) is 31.9 Å². The van der Waals surface area contributed by atoms with E-state index in [1.807, 2.05) is 32.0 Å². The molecule has 21 heavy (non-hydrogen) atoms. The number of benzene rings is 1. The molecule has 1 aromatic rings. The van der Waals surface area contributed by atoms with Gasteiger partial charge in [-0.25, -0.2) is 0 Å². The molecule has 0 amide bonds. The Balaban J connectivity index is 1.89. The van der Waals surface area contributed by atoms with E-state index in [2.05, 4.69) is 0 Å². The van der Waals surface area contributed by atoms with Crippen molar-refractivity contribution in [1.29, 1.82) is 0 Å². The summed E-state index contributed by atoms with van der Waals surface area (Å²) in [5, 5.41) is 10.1. The van der Waals surface area contributed by atoms with Crippen LogP contribution < -0.4 is 9.47 Å². The van der Waals surface area contributed by atoms with E-state index >= 15 is 0 Å². The highest BCUT2D eigenvalue weighted by molar-refractivity contribution is 5.43. The van der Waals surface area contributed by atoms with E-state index in [-0.39, 0.29) is 5.60 Å². The van der Waals surface area contributed by atoms with E-state index in [1.165, 1.54) is 0 Å². The maximum Gasteiger partial charge on any atom is 0.129 e. The molecule has 0 saturated heterocycles. The Bertz CT molecular complexity index is 458. The van der Waals surface area contributed by atoms with Crippen molar-refractivity contribution in [2.45, 2.75) is 32.0 Å². The second-order valence-electron chi connectivity index (χ2n) is 5.73. The molecule has 0 bridgehead atoms. The molecule has 118 valence electrons. The molecule has 1 aliphatic rings. The van der Waals surface area contributed by atoms with Crippen LogP contribution in [0.2, 0.25) is 0 Å². The zero-order chi connectivity index (χ0) is 15.3. The van der Waals surface area contributed by atoms with Crippen LogP contribution in [0, 0.1) is 0 Å². The third kappa shape index (κ3) is 4.59. The molecule has 5 nitrogen and oxygen atoms in total. The van der Waals surface area contributed by atoms with E-state index in [0.717, 1.165) is 5.56 Å². The van der Waals surface area contributed by atoms with Crippen molar-refractivity contribution in [3.63, 3.8) is 0 Å². The Morgan fingerprint density at radius 2 is 2.00 bits per heavy atom. The van der Waals surface area contributed by atoms with Crippen LogP contribution in [0.3, 0.4) is 0 Å². The summed E-state index contributed by atoms with van der Waals surface area (Å²) < 4.78 is 21.8. The number of methoxy groups -OCH3 is 1. The van der Waals surface area contributed by atoms with Gasteiger partial charge < -0.3 is 24.1 Å². The third-order valence-corrected chi connectivity index (χ3v) is 3.34. The summed E-state index contributed by atoms with van der Waals surface area (Å²) in [6.07, 6.45) is 0.100. The molecule has 1 heterocycles. The van der Waals surface area contributed by atoms with E-state index in [9.17, 15) is 5.11 Å². The lowest BCUT2D eigenvalue weighted by molar-refractivity contribution is 0.0111. The van der Waals surface area contributed by atoms with Crippen molar-refractivity contribution in [3.8, 4) is 11.5 Å². The van der Waals surface area contributed by atoms with Crippen LogP contribution in [-0.4, -0.2) is 44.2 Å². The molecule has 1 unspecified atom stereocenters. The van der Waals surface area contributed by atoms with Crippen LogP contribution in [0.15, 0.2) is 18.2 Å². The lowest BCUT2D eigenvalue weighted by atomic mass is 9.92. The van der Waals surface area contributed by atoms with Crippen molar-refractivity contribution in [1.82, 2.24) is 0 Å². The fourth-order valence-electron chi connectivity index (χ4n) is 2.35. The molecular weight excluding hydrogens is 272 g/mol. The largest absolute Gasteiger partial charge is 0.491 e. The summed E-state index contributed by atoms with van der Waals surface area (Å²) in [6, 6.07) is 5.53. The zero-order valence-corrected chi connectivity index (χ0v) is 12.9. The first kappa shape index (κ1) is 16.1. The minimum atomic E-state index is -0.491. The fraction of sp³-hybridized carbons (Fsp3) is 0.625. The lowest BCUT2D eigenvalue weighted by Gasteiger charge is -2.35. The Labute approximate surface area is 125 Å². The number of hydrogen-bond donors (Lipinski definition) is 1. The normalized spacial score (nSPS) is 19.7. The molecule has 0 aromatic heterocycles. The molecule has 1 N–H and O–H groups in total. The van der Waals surface area contributed by atoms with Crippen molar-refractivity contribution in [2.24, 2.45) is 0 Å². The van der Waals surface area contributed by atoms with Gasteiger partial charge in [0.25, 0.3) is 0 Å². The molecule has 0 saturated carbocycles. The molecule has 0 fully saturated rings. The summed E-state index contributed by atoms with van der Waals surface area (Å²) >= 11 is 0. The smallest absolute Gasteiger partial charge is 0.129 e. The molecule has 2 rings (SSSR count). The van der Waals surface area contributed by atoms with Crippen molar-refractivity contribution >= 4 is 0 Å². The highest BCUT2D eigenvalue weighted by Crippen LogP contribution is 2.40. The van der Waals surface area contributed by atoms with Gasteiger partial charge in [0, 0.05) is 25.2 Å². The zero-order valence-electron chi connectivity index (χ0n) is 12.9. The molecular formula is C16H24O5. The maximum absolute atomic E-state index is 10.1. The maximum atomic E-state index is 10.1. The van der Waals surface area contributed by atoms with Gasteiger partial charge in [-0.2, -0.15) is 0 Å². The van der Waals surface area contributed by atoms with E-state index < -0.39 is 6.10 Å². The van der Waals surface area contributed by atoms with Crippen LogP contribution in [0.5, 0.6) is 11.5 Å². The number of ether oxygens (including phenoxy) is 4. The second kappa shape index (κ2) is 7.11. The van der Waals surface area contributed by atoms with Crippen LogP contribution >= 0.6 is 0 Å². The number of hydrogen-bond acceptors (Lipinski definition) is 5. The third-order valence-electron chi connectivity index (χ3n) is 3.34.